The molecule has 2 N–H and O–H groups in total. The zero-order valence-corrected chi connectivity index (χ0v) is 13.6. The summed E-state index contributed by atoms with van der Waals surface area (Å²) in [4.78, 5) is 12.0. The number of hydrogen-bond donors (Lipinski definition) is 2. The number of hydrogen-bond acceptors (Lipinski definition) is 4. The molecule has 0 saturated heterocycles. The minimum Gasteiger partial charge on any atom is -0.454 e. The van der Waals surface area contributed by atoms with Crippen LogP contribution in [0.25, 0.3) is 0 Å². The van der Waals surface area contributed by atoms with Gasteiger partial charge in [-0.2, -0.15) is 0 Å². The van der Waals surface area contributed by atoms with Crippen LogP contribution in [0.2, 0.25) is 0 Å². The van der Waals surface area contributed by atoms with Crippen molar-refractivity contribution in [3.8, 4) is 11.5 Å². The molecule has 0 aliphatic carbocycles. The molecule has 0 radical (unpaired) electrons. The summed E-state index contributed by atoms with van der Waals surface area (Å²) >= 11 is 0. The number of rotatable bonds is 6. The van der Waals surface area contributed by atoms with Crippen LogP contribution < -0.4 is 14.8 Å². The lowest BCUT2D eigenvalue weighted by atomic mass is 9.95. The van der Waals surface area contributed by atoms with E-state index in [1.165, 1.54) is 0 Å². The van der Waals surface area contributed by atoms with Crippen LogP contribution in [0.4, 0.5) is 0 Å². The molecule has 0 fully saturated rings. The smallest absolute Gasteiger partial charge is 0.231 e. The number of aryl methyl sites for hydroxylation is 1. The SMILES string of the molecule is CC(O)(CNC(=O)CCc1ccccc1)c1ccc2c(c1)OCO2. The fraction of sp³-hybridized carbons (Fsp3) is 0.316. The van der Waals surface area contributed by atoms with E-state index in [0.29, 0.717) is 29.9 Å². The second kappa shape index (κ2) is 6.93. The summed E-state index contributed by atoms with van der Waals surface area (Å²) in [5.41, 5.74) is 0.619. The highest BCUT2D eigenvalue weighted by molar-refractivity contribution is 5.76. The lowest BCUT2D eigenvalue weighted by molar-refractivity contribution is -0.122. The van der Waals surface area contributed by atoms with Crippen molar-refractivity contribution in [1.29, 1.82) is 0 Å². The Labute approximate surface area is 141 Å². The molecule has 1 amide bonds. The first-order chi connectivity index (χ1) is 11.5. The van der Waals surface area contributed by atoms with Crippen molar-refractivity contribution in [3.05, 3.63) is 59.7 Å². The molecule has 2 aromatic carbocycles. The van der Waals surface area contributed by atoms with Gasteiger partial charge >= 0.3 is 0 Å². The van der Waals surface area contributed by atoms with E-state index < -0.39 is 5.60 Å². The Hall–Kier alpha value is -2.53. The summed E-state index contributed by atoms with van der Waals surface area (Å²) in [6, 6.07) is 15.2. The highest BCUT2D eigenvalue weighted by Gasteiger charge is 2.26. The molecule has 1 unspecified atom stereocenters. The second-order valence-electron chi connectivity index (χ2n) is 6.10. The molecule has 0 spiro atoms. The molecular weight excluding hydrogens is 306 g/mol. The quantitative estimate of drug-likeness (QED) is 0.855. The number of benzene rings is 2. The molecule has 1 heterocycles. The van der Waals surface area contributed by atoms with Crippen molar-refractivity contribution < 1.29 is 19.4 Å². The van der Waals surface area contributed by atoms with Crippen LogP contribution in [-0.4, -0.2) is 24.4 Å². The molecule has 5 nitrogen and oxygen atoms in total. The lowest BCUT2D eigenvalue weighted by Crippen LogP contribution is -2.38. The van der Waals surface area contributed by atoms with Gasteiger partial charge in [0.05, 0.1) is 6.54 Å². The Morgan fingerprint density at radius 3 is 2.71 bits per heavy atom. The molecular formula is C19H21NO4. The van der Waals surface area contributed by atoms with E-state index in [2.05, 4.69) is 5.32 Å². The van der Waals surface area contributed by atoms with Crippen LogP contribution in [0, 0.1) is 0 Å². The van der Waals surface area contributed by atoms with Crippen LogP contribution in [0.3, 0.4) is 0 Å². The van der Waals surface area contributed by atoms with Gasteiger partial charge in [-0.05, 0) is 36.6 Å². The van der Waals surface area contributed by atoms with Gasteiger partial charge in [0.2, 0.25) is 12.7 Å². The van der Waals surface area contributed by atoms with Gasteiger partial charge in [0, 0.05) is 6.42 Å². The normalized spacial score (nSPS) is 14.9. The minimum atomic E-state index is -1.18. The summed E-state index contributed by atoms with van der Waals surface area (Å²) in [7, 11) is 0. The largest absolute Gasteiger partial charge is 0.454 e. The zero-order chi connectivity index (χ0) is 17.0. The predicted octanol–water partition coefficient (Wildman–Crippen LogP) is 2.37. The maximum atomic E-state index is 12.0. The topological polar surface area (TPSA) is 67.8 Å². The van der Waals surface area contributed by atoms with E-state index in [1.807, 2.05) is 30.3 Å². The summed E-state index contributed by atoms with van der Waals surface area (Å²) < 4.78 is 10.6. The fourth-order valence-electron chi connectivity index (χ4n) is 2.60. The molecule has 3 rings (SSSR count). The number of aliphatic hydroxyl groups is 1. The van der Waals surface area contributed by atoms with E-state index in [0.717, 1.165) is 5.56 Å². The third-order valence-electron chi connectivity index (χ3n) is 4.11. The van der Waals surface area contributed by atoms with Crippen molar-refractivity contribution >= 4 is 5.91 Å². The van der Waals surface area contributed by atoms with Crippen LogP contribution in [0.15, 0.2) is 48.5 Å². The molecule has 1 aliphatic rings. The average molecular weight is 327 g/mol. The first-order valence-electron chi connectivity index (χ1n) is 7.98. The Kier molecular flexibility index (Phi) is 4.71. The molecule has 24 heavy (non-hydrogen) atoms. The molecule has 126 valence electrons. The number of carbonyl (C=O) groups is 1. The van der Waals surface area contributed by atoms with Gasteiger partial charge in [-0.25, -0.2) is 0 Å². The Morgan fingerprint density at radius 1 is 1.17 bits per heavy atom. The van der Waals surface area contributed by atoms with Crippen molar-refractivity contribution in [2.45, 2.75) is 25.4 Å². The second-order valence-corrected chi connectivity index (χ2v) is 6.10. The van der Waals surface area contributed by atoms with Gasteiger partial charge in [-0.15, -0.1) is 0 Å². The summed E-state index contributed by atoms with van der Waals surface area (Å²) in [5.74, 6) is 1.20. The average Bonchev–Trinajstić information content (AvgIpc) is 3.07. The van der Waals surface area contributed by atoms with Crippen LogP contribution in [0.1, 0.15) is 24.5 Å². The minimum absolute atomic E-state index is 0.0835. The molecule has 1 aliphatic heterocycles. The Morgan fingerprint density at radius 2 is 1.92 bits per heavy atom. The van der Waals surface area contributed by atoms with E-state index in [4.69, 9.17) is 9.47 Å². The molecule has 1 atom stereocenters. The van der Waals surface area contributed by atoms with Gasteiger partial charge in [0.1, 0.15) is 5.60 Å². The molecule has 0 saturated carbocycles. The summed E-state index contributed by atoms with van der Waals surface area (Å²) in [6.45, 7) is 2.00. The highest BCUT2D eigenvalue weighted by atomic mass is 16.7. The third-order valence-corrected chi connectivity index (χ3v) is 4.11. The number of nitrogens with one attached hydrogen (secondary N) is 1. The first kappa shape index (κ1) is 16.3. The van der Waals surface area contributed by atoms with Crippen LogP contribution in [0.5, 0.6) is 11.5 Å². The zero-order valence-electron chi connectivity index (χ0n) is 13.6. The number of carbonyl (C=O) groups excluding carboxylic acids is 1. The summed E-state index contributed by atoms with van der Waals surface area (Å²) in [6.07, 6.45) is 1.07. The van der Waals surface area contributed by atoms with E-state index in [9.17, 15) is 9.90 Å². The van der Waals surface area contributed by atoms with Gasteiger partial charge in [-0.1, -0.05) is 36.4 Å². The number of ether oxygens (including phenoxy) is 2. The lowest BCUT2D eigenvalue weighted by Gasteiger charge is -2.24. The van der Waals surface area contributed by atoms with Crippen molar-refractivity contribution in [3.63, 3.8) is 0 Å². The number of fused-ring (bicyclic) bond motifs is 1. The van der Waals surface area contributed by atoms with Crippen molar-refractivity contribution in [1.82, 2.24) is 5.32 Å². The predicted molar refractivity (Wildman–Crippen MR) is 89.9 cm³/mol. The number of amides is 1. The monoisotopic (exact) mass is 327 g/mol. The van der Waals surface area contributed by atoms with Gasteiger partial charge in [0.15, 0.2) is 11.5 Å². The Bertz CT molecular complexity index is 713. The first-order valence-corrected chi connectivity index (χ1v) is 7.98. The maximum Gasteiger partial charge on any atom is 0.231 e. The summed E-state index contributed by atoms with van der Waals surface area (Å²) in [5, 5.41) is 13.4. The molecule has 2 aromatic rings. The standard InChI is InChI=1S/C19H21NO4/c1-19(22,15-8-9-16-17(11-15)24-13-23-16)12-20-18(21)10-7-14-5-3-2-4-6-14/h2-6,8-9,11,22H,7,10,12-13H2,1H3,(H,20,21). The maximum absolute atomic E-state index is 12.0. The van der Waals surface area contributed by atoms with Crippen LogP contribution in [-0.2, 0) is 16.8 Å². The fourth-order valence-corrected chi connectivity index (χ4v) is 2.60. The Balaban J connectivity index is 1.53. The van der Waals surface area contributed by atoms with E-state index in [1.54, 1.807) is 25.1 Å². The molecule has 5 heteroatoms. The van der Waals surface area contributed by atoms with Gasteiger partial charge < -0.3 is 19.9 Å². The van der Waals surface area contributed by atoms with E-state index >= 15 is 0 Å². The molecule has 0 aromatic heterocycles. The van der Waals surface area contributed by atoms with Crippen molar-refractivity contribution in [2.24, 2.45) is 0 Å². The third kappa shape index (κ3) is 3.86. The van der Waals surface area contributed by atoms with E-state index in [-0.39, 0.29) is 19.2 Å². The molecule has 0 bridgehead atoms. The van der Waals surface area contributed by atoms with Crippen LogP contribution >= 0.6 is 0 Å². The highest BCUT2D eigenvalue weighted by Crippen LogP contribution is 2.35. The van der Waals surface area contributed by atoms with Crippen molar-refractivity contribution in [2.75, 3.05) is 13.3 Å². The van der Waals surface area contributed by atoms with Gasteiger partial charge in [0.25, 0.3) is 0 Å². The van der Waals surface area contributed by atoms with Gasteiger partial charge in [-0.3, -0.25) is 4.79 Å².